The van der Waals surface area contributed by atoms with Crippen LogP contribution in [0, 0.1) is 0 Å². The van der Waals surface area contributed by atoms with Crippen LogP contribution < -0.4 is 5.32 Å². The van der Waals surface area contributed by atoms with Crippen molar-refractivity contribution < 1.29 is 19.4 Å². The van der Waals surface area contributed by atoms with Gasteiger partial charge in [0.1, 0.15) is 6.61 Å². The number of nitrogens with one attached hydrogen (secondary N) is 1. The van der Waals surface area contributed by atoms with E-state index < -0.39 is 17.6 Å². The third kappa shape index (κ3) is 4.06. The SMILES string of the molecule is CCC(NC(=O)OCc1ccccc1)(C(=O)O)c1cccc(Cl)c1. The van der Waals surface area contributed by atoms with Gasteiger partial charge in [-0.25, -0.2) is 9.59 Å². The van der Waals surface area contributed by atoms with Crippen molar-refractivity contribution in [3.63, 3.8) is 0 Å². The lowest BCUT2D eigenvalue weighted by atomic mass is 9.87. The minimum atomic E-state index is -1.60. The van der Waals surface area contributed by atoms with Crippen LogP contribution in [-0.4, -0.2) is 17.2 Å². The molecule has 2 rings (SSSR count). The van der Waals surface area contributed by atoms with Crippen molar-refractivity contribution in [2.75, 3.05) is 0 Å². The molecule has 0 spiro atoms. The van der Waals surface area contributed by atoms with E-state index in [0.717, 1.165) is 5.56 Å². The number of hydrogen-bond acceptors (Lipinski definition) is 3. The predicted octanol–water partition coefficient (Wildman–Crippen LogP) is 3.96. The average Bonchev–Trinajstić information content (AvgIpc) is 2.58. The van der Waals surface area contributed by atoms with Crippen molar-refractivity contribution in [3.05, 3.63) is 70.7 Å². The van der Waals surface area contributed by atoms with Gasteiger partial charge in [0.2, 0.25) is 0 Å². The van der Waals surface area contributed by atoms with Gasteiger partial charge in [0.05, 0.1) is 0 Å². The summed E-state index contributed by atoms with van der Waals surface area (Å²) in [6.07, 6.45) is -0.661. The fourth-order valence-corrected chi connectivity index (χ4v) is 2.57. The highest BCUT2D eigenvalue weighted by atomic mass is 35.5. The lowest BCUT2D eigenvalue weighted by Gasteiger charge is -2.29. The van der Waals surface area contributed by atoms with Gasteiger partial charge in [-0.3, -0.25) is 0 Å². The molecule has 1 unspecified atom stereocenters. The van der Waals surface area contributed by atoms with Gasteiger partial charge in [-0.15, -0.1) is 0 Å². The van der Waals surface area contributed by atoms with Crippen LogP contribution in [-0.2, 0) is 21.7 Å². The van der Waals surface area contributed by atoms with Crippen LogP contribution in [0.4, 0.5) is 4.79 Å². The second-order valence-electron chi connectivity index (χ2n) is 5.26. The Labute approximate surface area is 145 Å². The first-order valence-electron chi connectivity index (χ1n) is 7.46. The number of alkyl carbamates (subject to hydrolysis) is 1. The van der Waals surface area contributed by atoms with Gasteiger partial charge in [0.25, 0.3) is 0 Å². The van der Waals surface area contributed by atoms with Crippen molar-refractivity contribution in [1.29, 1.82) is 0 Å². The third-order valence-corrected chi connectivity index (χ3v) is 3.98. The molecule has 0 heterocycles. The highest BCUT2D eigenvalue weighted by molar-refractivity contribution is 6.30. The van der Waals surface area contributed by atoms with E-state index in [1.165, 1.54) is 6.07 Å². The smallest absolute Gasteiger partial charge is 0.408 e. The molecule has 24 heavy (non-hydrogen) atoms. The number of ether oxygens (including phenoxy) is 1. The molecule has 0 aliphatic carbocycles. The molecule has 0 saturated heterocycles. The largest absolute Gasteiger partial charge is 0.479 e. The molecule has 0 saturated carbocycles. The number of rotatable bonds is 6. The average molecular weight is 348 g/mol. The van der Waals surface area contributed by atoms with Crippen LogP contribution in [0.3, 0.4) is 0 Å². The molecule has 126 valence electrons. The number of aliphatic carboxylic acids is 1. The first kappa shape index (κ1) is 17.8. The molecule has 2 aromatic rings. The number of carbonyl (C=O) groups excluding carboxylic acids is 1. The van der Waals surface area contributed by atoms with Gasteiger partial charge >= 0.3 is 12.1 Å². The number of carboxylic acids is 1. The summed E-state index contributed by atoms with van der Waals surface area (Å²) in [5.41, 5.74) is -0.395. The molecule has 5 nitrogen and oxygen atoms in total. The Kier molecular flexibility index (Phi) is 5.82. The quantitative estimate of drug-likeness (QED) is 0.829. The van der Waals surface area contributed by atoms with Gasteiger partial charge in [-0.05, 0) is 29.7 Å². The molecule has 1 atom stereocenters. The maximum atomic E-state index is 12.1. The Morgan fingerprint density at radius 2 is 1.88 bits per heavy atom. The van der Waals surface area contributed by atoms with Crippen LogP contribution in [0.2, 0.25) is 5.02 Å². The summed E-state index contributed by atoms with van der Waals surface area (Å²) in [7, 11) is 0. The first-order chi connectivity index (χ1) is 11.5. The molecule has 0 radical (unpaired) electrons. The Bertz CT molecular complexity index is 720. The Hall–Kier alpha value is -2.53. The standard InChI is InChI=1S/C18H18ClNO4/c1-2-18(16(21)22,14-9-6-10-15(19)11-14)20-17(23)24-12-13-7-4-3-5-8-13/h3-11H,2,12H2,1H3,(H,20,23)(H,21,22). The maximum Gasteiger partial charge on any atom is 0.408 e. The van der Waals surface area contributed by atoms with Crippen molar-refractivity contribution >= 4 is 23.7 Å². The molecule has 1 amide bonds. The minimum Gasteiger partial charge on any atom is -0.479 e. The second-order valence-corrected chi connectivity index (χ2v) is 5.70. The minimum absolute atomic E-state index is 0.0572. The summed E-state index contributed by atoms with van der Waals surface area (Å²) in [5, 5.41) is 12.6. The van der Waals surface area contributed by atoms with Crippen LogP contribution >= 0.6 is 11.6 Å². The van der Waals surface area contributed by atoms with Crippen LogP contribution in [0.1, 0.15) is 24.5 Å². The van der Waals surface area contributed by atoms with E-state index in [9.17, 15) is 14.7 Å². The van der Waals surface area contributed by atoms with E-state index in [2.05, 4.69) is 5.32 Å². The Morgan fingerprint density at radius 3 is 2.46 bits per heavy atom. The third-order valence-electron chi connectivity index (χ3n) is 3.74. The fraction of sp³-hybridized carbons (Fsp3) is 0.222. The number of benzene rings is 2. The van der Waals surface area contributed by atoms with Crippen molar-refractivity contribution in [3.8, 4) is 0 Å². The van der Waals surface area contributed by atoms with Crippen LogP contribution in [0.25, 0.3) is 0 Å². The molecule has 0 aromatic heterocycles. The summed E-state index contributed by atoms with van der Waals surface area (Å²) in [6, 6.07) is 15.6. The summed E-state index contributed by atoms with van der Waals surface area (Å²) in [6.45, 7) is 1.73. The zero-order chi connectivity index (χ0) is 17.6. The van der Waals surface area contributed by atoms with E-state index in [1.54, 1.807) is 25.1 Å². The zero-order valence-electron chi connectivity index (χ0n) is 13.2. The van der Waals surface area contributed by atoms with E-state index >= 15 is 0 Å². The van der Waals surface area contributed by atoms with Crippen LogP contribution in [0.5, 0.6) is 0 Å². The van der Waals surface area contributed by atoms with Crippen molar-refractivity contribution in [1.82, 2.24) is 5.32 Å². The van der Waals surface area contributed by atoms with E-state index in [1.807, 2.05) is 30.3 Å². The lowest BCUT2D eigenvalue weighted by molar-refractivity contribution is -0.145. The summed E-state index contributed by atoms with van der Waals surface area (Å²) < 4.78 is 5.14. The molecule has 6 heteroatoms. The number of amides is 1. The Morgan fingerprint density at radius 1 is 1.17 bits per heavy atom. The van der Waals surface area contributed by atoms with Crippen LogP contribution in [0.15, 0.2) is 54.6 Å². The predicted molar refractivity (Wildman–Crippen MR) is 90.8 cm³/mol. The topological polar surface area (TPSA) is 75.6 Å². The molecular weight excluding hydrogens is 330 g/mol. The van der Waals surface area contributed by atoms with E-state index in [4.69, 9.17) is 16.3 Å². The maximum absolute atomic E-state index is 12.1. The fourth-order valence-electron chi connectivity index (χ4n) is 2.38. The monoisotopic (exact) mass is 347 g/mol. The van der Waals surface area contributed by atoms with Crippen molar-refractivity contribution in [2.24, 2.45) is 0 Å². The van der Waals surface area contributed by atoms with E-state index in [-0.39, 0.29) is 13.0 Å². The van der Waals surface area contributed by atoms with E-state index in [0.29, 0.717) is 10.6 Å². The molecular formula is C18H18ClNO4. The summed E-state index contributed by atoms with van der Waals surface area (Å²) in [4.78, 5) is 24.0. The highest BCUT2D eigenvalue weighted by Gasteiger charge is 2.41. The Balaban J connectivity index is 2.17. The van der Waals surface area contributed by atoms with Gasteiger partial charge in [-0.2, -0.15) is 0 Å². The molecule has 2 N–H and O–H groups in total. The number of halogens is 1. The normalized spacial score (nSPS) is 12.9. The second kappa shape index (κ2) is 7.84. The molecule has 0 fully saturated rings. The number of carbonyl (C=O) groups is 2. The molecule has 0 bridgehead atoms. The van der Waals surface area contributed by atoms with Gasteiger partial charge in [0, 0.05) is 5.02 Å². The molecule has 0 aliphatic heterocycles. The molecule has 2 aromatic carbocycles. The lowest BCUT2D eigenvalue weighted by Crippen LogP contribution is -2.51. The molecule has 0 aliphatic rings. The van der Waals surface area contributed by atoms with Gasteiger partial charge < -0.3 is 15.2 Å². The summed E-state index contributed by atoms with van der Waals surface area (Å²) >= 11 is 5.95. The van der Waals surface area contributed by atoms with Crippen molar-refractivity contribution in [2.45, 2.75) is 25.5 Å². The number of hydrogen-bond donors (Lipinski definition) is 2. The zero-order valence-corrected chi connectivity index (χ0v) is 13.9. The van der Waals surface area contributed by atoms with Gasteiger partial charge in [0.15, 0.2) is 5.54 Å². The number of carboxylic acid groups (broad SMARTS) is 1. The first-order valence-corrected chi connectivity index (χ1v) is 7.84. The highest BCUT2D eigenvalue weighted by Crippen LogP contribution is 2.28. The van der Waals surface area contributed by atoms with Gasteiger partial charge in [-0.1, -0.05) is 61.0 Å². The summed E-state index contributed by atoms with van der Waals surface area (Å²) in [5.74, 6) is -1.18.